The average Bonchev–Trinajstić information content (AvgIpc) is 2.65. The molecule has 0 radical (unpaired) electrons. The molecule has 1 N–H and O–H groups in total. The average molecular weight is 382 g/mol. The zero-order valence-corrected chi connectivity index (χ0v) is 14.8. The molecule has 8 heteroatoms. The van der Waals surface area contributed by atoms with Gasteiger partial charge in [0.1, 0.15) is 22.8 Å². The summed E-state index contributed by atoms with van der Waals surface area (Å²) in [4.78, 5) is 12.4. The molecule has 0 amide bonds. The first-order valence-corrected chi connectivity index (χ1v) is 7.98. The van der Waals surface area contributed by atoms with Crippen LogP contribution in [0.25, 0.3) is 11.0 Å². The first-order chi connectivity index (χ1) is 12.8. The Morgan fingerprint density at radius 1 is 1.00 bits per heavy atom. The lowest BCUT2D eigenvalue weighted by molar-refractivity contribution is -0.154. The summed E-state index contributed by atoms with van der Waals surface area (Å²) in [6, 6.07) is 8.94. The summed E-state index contributed by atoms with van der Waals surface area (Å²) < 4.78 is 54.8. The Kier molecular flexibility index (Phi) is 5.99. The lowest BCUT2D eigenvalue weighted by Gasteiger charge is -2.13. The van der Waals surface area contributed by atoms with E-state index in [0.717, 1.165) is 12.1 Å². The van der Waals surface area contributed by atoms with Crippen molar-refractivity contribution in [1.29, 1.82) is 0 Å². The van der Waals surface area contributed by atoms with E-state index < -0.39 is 23.1 Å². The molecular formula is C19H17F3O5. The van der Waals surface area contributed by atoms with Crippen molar-refractivity contribution in [2.45, 2.75) is 20.0 Å². The van der Waals surface area contributed by atoms with Crippen LogP contribution < -0.4 is 14.9 Å². The van der Waals surface area contributed by atoms with Crippen molar-refractivity contribution in [2.75, 3.05) is 7.11 Å². The molecule has 0 saturated carbocycles. The number of rotatable bonds is 3. The molecule has 0 spiro atoms. The highest BCUT2D eigenvalue weighted by molar-refractivity contribution is 5.79. The summed E-state index contributed by atoms with van der Waals surface area (Å²) in [5.41, 5.74) is -1.39. The van der Waals surface area contributed by atoms with Crippen LogP contribution in [0.2, 0.25) is 0 Å². The smallest absolute Gasteiger partial charge is 0.453 e. The van der Waals surface area contributed by atoms with E-state index in [1.54, 1.807) is 0 Å². The highest BCUT2D eigenvalue weighted by Crippen LogP contribution is 2.38. The lowest BCUT2D eigenvalue weighted by atomic mass is 10.2. The summed E-state index contributed by atoms with van der Waals surface area (Å²) >= 11 is 0. The Labute approximate surface area is 152 Å². The van der Waals surface area contributed by atoms with Gasteiger partial charge in [0, 0.05) is 6.07 Å². The van der Waals surface area contributed by atoms with Crippen LogP contribution >= 0.6 is 0 Å². The van der Waals surface area contributed by atoms with E-state index in [-0.39, 0.29) is 22.5 Å². The van der Waals surface area contributed by atoms with Crippen molar-refractivity contribution in [3.63, 3.8) is 0 Å². The maximum Gasteiger partial charge on any atom is 0.453 e. The highest BCUT2D eigenvalue weighted by Gasteiger charge is 2.40. The summed E-state index contributed by atoms with van der Waals surface area (Å²) in [6.45, 7) is 4.00. The number of aromatic hydroxyl groups is 1. The van der Waals surface area contributed by atoms with E-state index in [2.05, 4.69) is 0 Å². The normalized spacial score (nSPS) is 10.9. The molecule has 0 aliphatic heterocycles. The Balaban J connectivity index is 0.00000126. The molecule has 2 aromatic carbocycles. The van der Waals surface area contributed by atoms with Crippen LogP contribution in [0.1, 0.15) is 19.6 Å². The van der Waals surface area contributed by atoms with E-state index in [0.29, 0.717) is 5.75 Å². The Morgan fingerprint density at radius 2 is 1.59 bits per heavy atom. The second-order valence-electron chi connectivity index (χ2n) is 5.05. The number of ether oxygens (including phenoxy) is 2. The van der Waals surface area contributed by atoms with Gasteiger partial charge in [-0.1, -0.05) is 13.8 Å². The molecule has 0 fully saturated rings. The zero-order valence-electron chi connectivity index (χ0n) is 14.8. The molecule has 0 saturated heterocycles. The molecule has 5 nitrogen and oxygen atoms in total. The predicted octanol–water partition coefficient (Wildman–Crippen LogP) is 5.34. The zero-order chi connectivity index (χ0) is 20.2. The Bertz CT molecular complexity index is 976. The maximum atomic E-state index is 13.3. The lowest BCUT2D eigenvalue weighted by Crippen LogP contribution is -2.15. The maximum absolute atomic E-state index is 13.3. The van der Waals surface area contributed by atoms with Crippen LogP contribution in [-0.2, 0) is 6.18 Å². The van der Waals surface area contributed by atoms with Crippen molar-refractivity contribution in [2.24, 2.45) is 0 Å². The number of alkyl halides is 3. The van der Waals surface area contributed by atoms with E-state index >= 15 is 0 Å². The molecule has 0 unspecified atom stereocenters. The van der Waals surface area contributed by atoms with E-state index in [9.17, 15) is 23.1 Å². The van der Waals surface area contributed by atoms with Crippen LogP contribution in [-0.4, -0.2) is 12.2 Å². The van der Waals surface area contributed by atoms with Crippen LogP contribution in [0, 0.1) is 0 Å². The van der Waals surface area contributed by atoms with Gasteiger partial charge in [0.15, 0.2) is 0 Å². The van der Waals surface area contributed by atoms with Gasteiger partial charge in [0.05, 0.1) is 12.5 Å². The van der Waals surface area contributed by atoms with Crippen LogP contribution in [0.15, 0.2) is 51.7 Å². The summed E-state index contributed by atoms with van der Waals surface area (Å²) in [5.74, 6) is -2.39. The van der Waals surface area contributed by atoms with E-state index in [1.165, 1.54) is 37.4 Å². The second kappa shape index (κ2) is 8.03. The Morgan fingerprint density at radius 3 is 2.15 bits per heavy atom. The van der Waals surface area contributed by atoms with Crippen LogP contribution in [0.3, 0.4) is 0 Å². The minimum atomic E-state index is -4.96. The van der Waals surface area contributed by atoms with Gasteiger partial charge in [-0.25, -0.2) is 0 Å². The predicted molar refractivity (Wildman–Crippen MR) is 93.6 cm³/mol. The Hall–Kier alpha value is -3.16. The molecule has 0 atom stereocenters. The van der Waals surface area contributed by atoms with Gasteiger partial charge >= 0.3 is 6.18 Å². The minimum Gasteiger partial charge on any atom is -0.508 e. The van der Waals surface area contributed by atoms with Gasteiger partial charge < -0.3 is 19.0 Å². The van der Waals surface area contributed by atoms with E-state index in [4.69, 9.17) is 13.9 Å². The molecule has 0 aliphatic carbocycles. The number of hydrogen-bond donors (Lipinski definition) is 1. The SMILES string of the molecule is CC.COc1ccc(Oc2c(C(F)(F)F)oc3cc(O)ccc3c2=O)cc1. The fraction of sp³-hybridized carbons (Fsp3) is 0.211. The third kappa shape index (κ3) is 4.33. The molecule has 1 aromatic heterocycles. The van der Waals surface area contributed by atoms with Crippen LogP contribution in [0.4, 0.5) is 13.2 Å². The molecule has 3 aromatic rings. The van der Waals surface area contributed by atoms with Crippen molar-refractivity contribution < 1.29 is 32.2 Å². The largest absolute Gasteiger partial charge is 0.508 e. The fourth-order valence-electron chi connectivity index (χ4n) is 2.21. The van der Waals surface area contributed by atoms with Gasteiger partial charge in [-0.05, 0) is 36.4 Å². The van der Waals surface area contributed by atoms with Gasteiger partial charge in [0.2, 0.25) is 11.2 Å². The second-order valence-corrected chi connectivity index (χ2v) is 5.05. The molecular weight excluding hydrogens is 365 g/mol. The number of phenols is 1. The van der Waals surface area contributed by atoms with Crippen molar-refractivity contribution >= 4 is 11.0 Å². The quantitative estimate of drug-likeness (QED) is 0.662. The highest BCUT2D eigenvalue weighted by atomic mass is 19.4. The standard InChI is InChI=1S/C17H11F3O5.C2H6/c1-23-10-3-5-11(6-4-10)24-15-14(22)12-7-2-9(21)8-13(12)25-16(15)17(18,19)20;1-2/h2-8,21H,1H3;1-2H3. The molecule has 144 valence electrons. The van der Waals surface area contributed by atoms with Gasteiger partial charge in [0.25, 0.3) is 5.76 Å². The first-order valence-electron chi connectivity index (χ1n) is 7.98. The van der Waals surface area contributed by atoms with Crippen molar-refractivity contribution in [3.8, 4) is 23.0 Å². The number of fused-ring (bicyclic) bond motifs is 1. The third-order valence-corrected chi connectivity index (χ3v) is 3.37. The molecule has 3 rings (SSSR count). The number of methoxy groups -OCH3 is 1. The summed E-state index contributed by atoms with van der Waals surface area (Å²) in [5, 5.41) is 9.24. The number of hydrogen-bond acceptors (Lipinski definition) is 5. The van der Waals surface area contributed by atoms with Gasteiger partial charge in [-0.3, -0.25) is 4.79 Å². The van der Waals surface area contributed by atoms with Gasteiger partial charge in [-0.15, -0.1) is 0 Å². The van der Waals surface area contributed by atoms with Crippen LogP contribution in [0.5, 0.6) is 23.0 Å². The number of benzene rings is 2. The van der Waals surface area contributed by atoms with E-state index in [1.807, 2.05) is 13.8 Å². The molecule has 1 heterocycles. The topological polar surface area (TPSA) is 68.9 Å². The monoisotopic (exact) mass is 382 g/mol. The summed E-state index contributed by atoms with van der Waals surface area (Å²) in [7, 11) is 1.44. The number of halogens is 3. The van der Waals surface area contributed by atoms with Gasteiger partial charge in [-0.2, -0.15) is 13.2 Å². The third-order valence-electron chi connectivity index (χ3n) is 3.37. The summed E-state index contributed by atoms with van der Waals surface area (Å²) in [6.07, 6.45) is -4.96. The fourth-order valence-corrected chi connectivity index (χ4v) is 2.21. The van der Waals surface area contributed by atoms with Crippen molar-refractivity contribution in [1.82, 2.24) is 0 Å². The minimum absolute atomic E-state index is 0.0109. The first kappa shape index (κ1) is 20.2. The number of phenolic OH excluding ortho intramolecular Hbond substituents is 1. The van der Waals surface area contributed by atoms with Crippen molar-refractivity contribution in [3.05, 3.63) is 58.4 Å². The molecule has 0 aliphatic rings. The molecule has 0 bridgehead atoms. The molecule has 27 heavy (non-hydrogen) atoms.